The summed E-state index contributed by atoms with van der Waals surface area (Å²) in [7, 11) is 1.80. The normalized spacial score (nSPS) is 12.5. The molecule has 1 amide bonds. The van der Waals surface area contributed by atoms with Crippen LogP contribution in [0.15, 0.2) is 126 Å². The fourth-order valence-corrected chi connectivity index (χ4v) is 5.25. The first-order valence-electron chi connectivity index (χ1n) is 11.3. The minimum atomic E-state index is -0.484. The molecule has 4 aromatic rings. The van der Waals surface area contributed by atoms with Gasteiger partial charge in [0.2, 0.25) is 5.91 Å². The van der Waals surface area contributed by atoms with Crippen LogP contribution in [-0.4, -0.2) is 24.0 Å². The SMILES string of the molecule is CN(C(=O)[C@@H](Sc1ccccc1)[C@H](CC(=O)c1ccccc1)c1ccccc1)c1ccccc1. The Labute approximate surface area is 205 Å². The number of carbonyl (C=O) groups is 2. The van der Waals surface area contributed by atoms with Crippen molar-refractivity contribution >= 4 is 29.1 Å². The standard InChI is InChI=1S/C30H27NO2S/c1-31(25-18-10-4-11-19-25)30(33)29(34-26-20-12-5-13-21-26)27(23-14-6-2-7-15-23)22-28(32)24-16-8-3-9-17-24/h2-21,27,29H,22H2,1H3/t27-,29+/m1/s1. The Morgan fingerprint density at radius 3 is 1.79 bits per heavy atom. The fourth-order valence-electron chi connectivity index (χ4n) is 3.96. The molecule has 0 saturated heterocycles. The lowest BCUT2D eigenvalue weighted by Gasteiger charge is -2.30. The van der Waals surface area contributed by atoms with Crippen LogP contribution in [0.5, 0.6) is 0 Å². The molecule has 0 aromatic heterocycles. The summed E-state index contributed by atoms with van der Waals surface area (Å²) in [4.78, 5) is 30.0. The van der Waals surface area contributed by atoms with Crippen molar-refractivity contribution in [3.8, 4) is 0 Å². The third kappa shape index (κ3) is 5.83. The van der Waals surface area contributed by atoms with Crippen molar-refractivity contribution in [3.05, 3.63) is 132 Å². The maximum Gasteiger partial charge on any atom is 0.240 e. The first-order valence-corrected chi connectivity index (χ1v) is 12.2. The zero-order valence-corrected chi connectivity index (χ0v) is 19.9. The highest BCUT2D eigenvalue weighted by Crippen LogP contribution is 2.38. The van der Waals surface area contributed by atoms with Gasteiger partial charge < -0.3 is 4.90 Å². The smallest absolute Gasteiger partial charge is 0.240 e. The summed E-state index contributed by atoms with van der Waals surface area (Å²) < 4.78 is 0. The highest BCUT2D eigenvalue weighted by Gasteiger charge is 2.34. The number of amides is 1. The number of hydrogen-bond acceptors (Lipinski definition) is 3. The molecule has 0 saturated carbocycles. The summed E-state index contributed by atoms with van der Waals surface area (Å²) in [5.41, 5.74) is 2.47. The fraction of sp³-hybridized carbons (Fsp3) is 0.133. The molecule has 0 N–H and O–H groups in total. The average Bonchev–Trinajstić information content (AvgIpc) is 2.91. The second-order valence-electron chi connectivity index (χ2n) is 8.09. The zero-order chi connectivity index (χ0) is 23.8. The highest BCUT2D eigenvalue weighted by molar-refractivity contribution is 8.00. The molecular weight excluding hydrogens is 438 g/mol. The van der Waals surface area contributed by atoms with Gasteiger partial charge in [-0.2, -0.15) is 0 Å². The lowest BCUT2D eigenvalue weighted by atomic mass is 9.88. The van der Waals surface area contributed by atoms with E-state index in [1.54, 1.807) is 11.9 Å². The molecule has 0 aliphatic carbocycles. The van der Waals surface area contributed by atoms with Crippen LogP contribution in [0, 0.1) is 0 Å². The number of hydrogen-bond donors (Lipinski definition) is 0. The third-order valence-corrected chi connectivity index (χ3v) is 7.15. The number of nitrogens with zero attached hydrogens (tertiary/aromatic N) is 1. The molecule has 2 atom stereocenters. The van der Waals surface area contributed by atoms with E-state index in [0.29, 0.717) is 5.56 Å². The lowest BCUT2D eigenvalue weighted by molar-refractivity contribution is -0.118. The number of ketones is 1. The Morgan fingerprint density at radius 1 is 0.706 bits per heavy atom. The minimum Gasteiger partial charge on any atom is -0.315 e. The Hall–Kier alpha value is -3.63. The molecule has 34 heavy (non-hydrogen) atoms. The highest BCUT2D eigenvalue weighted by atomic mass is 32.2. The molecule has 4 aromatic carbocycles. The molecule has 0 heterocycles. The van der Waals surface area contributed by atoms with Crippen molar-refractivity contribution < 1.29 is 9.59 Å². The zero-order valence-electron chi connectivity index (χ0n) is 19.1. The van der Waals surface area contributed by atoms with Gasteiger partial charge in [0.1, 0.15) is 0 Å². The molecule has 0 aliphatic rings. The third-order valence-electron chi connectivity index (χ3n) is 5.82. The van der Waals surface area contributed by atoms with Crippen LogP contribution in [0.1, 0.15) is 28.3 Å². The van der Waals surface area contributed by atoms with E-state index in [2.05, 4.69) is 0 Å². The van der Waals surface area contributed by atoms with Crippen LogP contribution in [0.2, 0.25) is 0 Å². The summed E-state index contributed by atoms with van der Waals surface area (Å²) >= 11 is 1.52. The van der Waals surface area contributed by atoms with Gasteiger partial charge in [0, 0.05) is 35.5 Å². The summed E-state index contributed by atoms with van der Waals surface area (Å²) in [5, 5.41) is -0.484. The van der Waals surface area contributed by atoms with Crippen molar-refractivity contribution in [1.82, 2.24) is 0 Å². The van der Waals surface area contributed by atoms with E-state index in [1.807, 2.05) is 121 Å². The van der Waals surface area contributed by atoms with E-state index in [-0.39, 0.29) is 24.0 Å². The Kier molecular flexibility index (Phi) is 7.95. The van der Waals surface area contributed by atoms with Gasteiger partial charge in [0.05, 0.1) is 5.25 Å². The van der Waals surface area contributed by atoms with Gasteiger partial charge in [-0.25, -0.2) is 0 Å². The molecule has 0 bridgehead atoms. The van der Waals surface area contributed by atoms with E-state index in [4.69, 9.17) is 0 Å². The van der Waals surface area contributed by atoms with Crippen LogP contribution >= 0.6 is 11.8 Å². The number of thioether (sulfide) groups is 1. The van der Waals surface area contributed by atoms with Crippen LogP contribution in [0.3, 0.4) is 0 Å². The number of carbonyl (C=O) groups excluding carboxylic acids is 2. The molecule has 0 radical (unpaired) electrons. The molecule has 0 fully saturated rings. The molecule has 170 valence electrons. The number of benzene rings is 4. The topological polar surface area (TPSA) is 37.4 Å². The summed E-state index contributed by atoms with van der Waals surface area (Å²) in [6.45, 7) is 0. The second kappa shape index (κ2) is 11.5. The van der Waals surface area contributed by atoms with Crippen molar-refractivity contribution in [3.63, 3.8) is 0 Å². The number of para-hydroxylation sites is 1. The predicted molar refractivity (Wildman–Crippen MR) is 141 cm³/mol. The molecule has 4 rings (SSSR count). The Bertz CT molecular complexity index is 1200. The molecule has 0 aliphatic heterocycles. The number of anilines is 1. The van der Waals surface area contributed by atoms with E-state index in [9.17, 15) is 9.59 Å². The predicted octanol–water partition coefficient (Wildman–Crippen LogP) is 6.87. The molecule has 0 spiro atoms. The van der Waals surface area contributed by atoms with Crippen molar-refractivity contribution in [2.24, 2.45) is 0 Å². The van der Waals surface area contributed by atoms with E-state index in [0.717, 1.165) is 16.1 Å². The van der Waals surface area contributed by atoms with E-state index in [1.165, 1.54) is 11.8 Å². The van der Waals surface area contributed by atoms with Gasteiger partial charge in [-0.3, -0.25) is 9.59 Å². The molecule has 0 unspecified atom stereocenters. The van der Waals surface area contributed by atoms with Crippen molar-refractivity contribution in [1.29, 1.82) is 0 Å². The first kappa shape index (κ1) is 23.5. The van der Waals surface area contributed by atoms with Crippen LogP contribution in [-0.2, 0) is 4.79 Å². The van der Waals surface area contributed by atoms with Gasteiger partial charge in [0.25, 0.3) is 0 Å². The van der Waals surface area contributed by atoms with Gasteiger partial charge >= 0.3 is 0 Å². The van der Waals surface area contributed by atoms with Gasteiger partial charge in [-0.15, -0.1) is 11.8 Å². The van der Waals surface area contributed by atoms with E-state index >= 15 is 0 Å². The minimum absolute atomic E-state index is 0.0308. The first-order chi connectivity index (χ1) is 16.6. The second-order valence-corrected chi connectivity index (χ2v) is 9.31. The summed E-state index contributed by atoms with van der Waals surface area (Å²) in [5.74, 6) is -0.296. The quantitative estimate of drug-likeness (QED) is 0.200. The molecule has 3 nitrogen and oxygen atoms in total. The van der Waals surface area contributed by atoms with Gasteiger partial charge in [-0.05, 0) is 29.8 Å². The summed E-state index contributed by atoms with van der Waals surface area (Å²) in [6, 6.07) is 38.8. The van der Waals surface area contributed by atoms with Crippen LogP contribution in [0.4, 0.5) is 5.69 Å². The number of Topliss-reactive ketones (excluding diaryl/α,β-unsaturated/α-hetero) is 1. The lowest BCUT2D eigenvalue weighted by Crippen LogP contribution is -2.38. The Morgan fingerprint density at radius 2 is 1.21 bits per heavy atom. The maximum absolute atomic E-state index is 14.0. The molecule has 4 heteroatoms. The Balaban J connectivity index is 1.73. The maximum atomic E-state index is 14.0. The van der Waals surface area contributed by atoms with Gasteiger partial charge in [0.15, 0.2) is 5.78 Å². The average molecular weight is 466 g/mol. The number of rotatable bonds is 9. The van der Waals surface area contributed by atoms with Crippen molar-refractivity contribution in [2.45, 2.75) is 22.5 Å². The molecular formula is C30H27NO2S. The van der Waals surface area contributed by atoms with Crippen LogP contribution < -0.4 is 4.90 Å². The van der Waals surface area contributed by atoms with Crippen LogP contribution in [0.25, 0.3) is 0 Å². The summed E-state index contributed by atoms with van der Waals surface area (Å²) in [6.07, 6.45) is 0.243. The van der Waals surface area contributed by atoms with Gasteiger partial charge in [-0.1, -0.05) is 97.1 Å². The monoisotopic (exact) mass is 465 g/mol. The van der Waals surface area contributed by atoms with Crippen molar-refractivity contribution in [2.75, 3.05) is 11.9 Å². The largest absolute Gasteiger partial charge is 0.315 e. The van der Waals surface area contributed by atoms with E-state index < -0.39 is 5.25 Å².